The molecule has 0 unspecified atom stereocenters. The summed E-state index contributed by atoms with van der Waals surface area (Å²) in [6.07, 6.45) is 0. The summed E-state index contributed by atoms with van der Waals surface area (Å²) < 4.78 is 10.7. The van der Waals surface area contributed by atoms with Crippen molar-refractivity contribution in [1.29, 1.82) is 5.26 Å². The van der Waals surface area contributed by atoms with Crippen molar-refractivity contribution < 1.29 is 14.3 Å². The van der Waals surface area contributed by atoms with Gasteiger partial charge in [-0.3, -0.25) is 0 Å². The summed E-state index contributed by atoms with van der Waals surface area (Å²) in [6.45, 7) is 5.91. The van der Waals surface area contributed by atoms with Crippen LogP contribution in [0.4, 0.5) is 5.69 Å². The zero-order valence-corrected chi connectivity index (χ0v) is 14.6. The van der Waals surface area contributed by atoms with Crippen LogP contribution in [0.5, 0.6) is 5.75 Å². The van der Waals surface area contributed by atoms with Crippen LogP contribution in [0.2, 0.25) is 0 Å². The molecule has 0 saturated carbocycles. The number of anilines is 1. The van der Waals surface area contributed by atoms with E-state index in [1.807, 2.05) is 30.3 Å². The van der Waals surface area contributed by atoms with Crippen LogP contribution in [0.1, 0.15) is 25.0 Å². The molecule has 0 radical (unpaired) electrons. The zero-order chi connectivity index (χ0) is 18.1. The smallest absolute Gasteiger partial charge is 0.344 e. The highest BCUT2D eigenvalue weighted by atomic mass is 16.6. The van der Waals surface area contributed by atoms with E-state index in [4.69, 9.17) is 14.7 Å². The molecule has 0 aliphatic rings. The Morgan fingerprint density at radius 3 is 2.48 bits per heavy atom. The van der Waals surface area contributed by atoms with E-state index in [0.717, 1.165) is 24.3 Å². The Bertz CT molecular complexity index is 749. The first-order chi connectivity index (χ1) is 12.2. The lowest BCUT2D eigenvalue weighted by molar-refractivity contribution is -0.147. The molecular weight excluding hydrogens is 316 g/mol. The molecule has 25 heavy (non-hydrogen) atoms. The van der Waals surface area contributed by atoms with Crippen LogP contribution in [-0.4, -0.2) is 25.7 Å². The maximum absolute atomic E-state index is 12.0. The highest BCUT2D eigenvalue weighted by Crippen LogP contribution is 2.21. The third-order valence-corrected chi connectivity index (χ3v) is 3.84. The number of carbonyl (C=O) groups is 1. The Kier molecular flexibility index (Phi) is 6.85. The molecule has 0 aromatic heterocycles. The standard InChI is InChI=1S/C20H22N2O3/c1-3-22(4-2)18-11-7-5-10-17(18)14-25-20(23)15-24-19-12-8-6-9-16(19)13-21/h5-12H,3-4,14-15H2,1-2H3. The largest absolute Gasteiger partial charge is 0.481 e. The predicted octanol–water partition coefficient (Wildman–Crippen LogP) is 3.53. The Balaban J connectivity index is 1.94. The van der Waals surface area contributed by atoms with Gasteiger partial charge in [-0.1, -0.05) is 30.3 Å². The third kappa shape index (κ3) is 4.98. The number of nitriles is 1. The molecule has 0 bridgehead atoms. The predicted molar refractivity (Wildman–Crippen MR) is 96.5 cm³/mol. The minimum absolute atomic E-state index is 0.189. The average molecular weight is 338 g/mol. The van der Waals surface area contributed by atoms with Crippen LogP contribution in [0.15, 0.2) is 48.5 Å². The number of nitrogens with zero attached hydrogens (tertiary/aromatic N) is 2. The van der Waals surface area contributed by atoms with E-state index in [2.05, 4.69) is 18.7 Å². The van der Waals surface area contributed by atoms with E-state index < -0.39 is 5.97 Å². The summed E-state index contributed by atoms with van der Waals surface area (Å²) in [5, 5.41) is 9.01. The summed E-state index contributed by atoms with van der Waals surface area (Å²) in [5.41, 5.74) is 2.41. The highest BCUT2D eigenvalue weighted by Gasteiger charge is 2.11. The molecule has 2 rings (SSSR count). The number of rotatable bonds is 8. The summed E-state index contributed by atoms with van der Waals surface area (Å²) in [7, 11) is 0. The first kappa shape index (κ1) is 18.3. The molecule has 2 aromatic carbocycles. The fourth-order valence-corrected chi connectivity index (χ4v) is 2.53. The van der Waals surface area contributed by atoms with Gasteiger partial charge < -0.3 is 14.4 Å². The van der Waals surface area contributed by atoms with Gasteiger partial charge in [0.2, 0.25) is 0 Å². The van der Waals surface area contributed by atoms with Gasteiger partial charge in [-0.25, -0.2) is 4.79 Å². The summed E-state index contributed by atoms with van der Waals surface area (Å²) in [5.74, 6) is -0.0902. The van der Waals surface area contributed by atoms with Gasteiger partial charge >= 0.3 is 5.97 Å². The Hall–Kier alpha value is -3.00. The molecule has 5 heteroatoms. The van der Waals surface area contributed by atoms with Gasteiger partial charge in [0.1, 0.15) is 18.4 Å². The first-order valence-corrected chi connectivity index (χ1v) is 8.30. The summed E-state index contributed by atoms with van der Waals surface area (Å²) in [4.78, 5) is 14.2. The van der Waals surface area contributed by atoms with E-state index in [9.17, 15) is 4.79 Å². The van der Waals surface area contributed by atoms with Crippen LogP contribution >= 0.6 is 0 Å². The fourth-order valence-electron chi connectivity index (χ4n) is 2.53. The SMILES string of the molecule is CCN(CC)c1ccccc1COC(=O)COc1ccccc1C#N. The number of hydrogen-bond acceptors (Lipinski definition) is 5. The van der Waals surface area contributed by atoms with Gasteiger partial charge in [-0.15, -0.1) is 0 Å². The molecule has 130 valence electrons. The number of para-hydroxylation sites is 2. The molecule has 2 aromatic rings. The molecule has 0 heterocycles. The van der Waals surface area contributed by atoms with Crippen LogP contribution in [0, 0.1) is 11.3 Å². The normalized spacial score (nSPS) is 9.96. The lowest BCUT2D eigenvalue weighted by Gasteiger charge is -2.24. The minimum Gasteiger partial charge on any atom is -0.481 e. The second kappa shape index (κ2) is 9.33. The maximum Gasteiger partial charge on any atom is 0.344 e. The van der Waals surface area contributed by atoms with E-state index in [-0.39, 0.29) is 13.2 Å². The molecular formula is C20H22N2O3. The molecule has 0 fully saturated rings. The quantitative estimate of drug-likeness (QED) is 0.689. The Labute approximate surface area is 148 Å². The average Bonchev–Trinajstić information content (AvgIpc) is 2.66. The van der Waals surface area contributed by atoms with Crippen molar-refractivity contribution in [2.75, 3.05) is 24.6 Å². The number of benzene rings is 2. The number of carbonyl (C=O) groups excluding carboxylic acids is 1. The van der Waals surface area contributed by atoms with Crippen molar-refractivity contribution in [3.8, 4) is 11.8 Å². The number of ether oxygens (including phenoxy) is 2. The van der Waals surface area contributed by atoms with Crippen molar-refractivity contribution in [3.63, 3.8) is 0 Å². The van der Waals surface area contributed by atoms with Crippen LogP contribution < -0.4 is 9.64 Å². The topological polar surface area (TPSA) is 62.6 Å². The number of esters is 1. The van der Waals surface area contributed by atoms with Crippen molar-refractivity contribution in [2.24, 2.45) is 0 Å². The third-order valence-electron chi connectivity index (χ3n) is 3.84. The van der Waals surface area contributed by atoms with Gasteiger partial charge in [-0.05, 0) is 32.0 Å². The molecule has 0 aliphatic carbocycles. The minimum atomic E-state index is -0.470. The van der Waals surface area contributed by atoms with Crippen molar-refractivity contribution >= 4 is 11.7 Å². The molecule has 0 N–H and O–H groups in total. The maximum atomic E-state index is 12.0. The molecule has 0 saturated heterocycles. The van der Waals surface area contributed by atoms with Crippen LogP contribution in [0.3, 0.4) is 0 Å². The first-order valence-electron chi connectivity index (χ1n) is 8.30. The van der Waals surface area contributed by atoms with Gasteiger partial charge in [0.05, 0.1) is 5.56 Å². The molecule has 0 atom stereocenters. The second-order valence-electron chi connectivity index (χ2n) is 5.36. The van der Waals surface area contributed by atoms with Gasteiger partial charge in [-0.2, -0.15) is 5.26 Å². The number of hydrogen-bond donors (Lipinski definition) is 0. The van der Waals surface area contributed by atoms with Gasteiger partial charge in [0.15, 0.2) is 6.61 Å². The lowest BCUT2D eigenvalue weighted by Crippen LogP contribution is -2.23. The van der Waals surface area contributed by atoms with Gasteiger partial charge in [0.25, 0.3) is 0 Å². The van der Waals surface area contributed by atoms with Crippen molar-refractivity contribution in [2.45, 2.75) is 20.5 Å². The summed E-state index contributed by atoms with van der Waals surface area (Å²) >= 11 is 0. The van der Waals surface area contributed by atoms with E-state index in [0.29, 0.717) is 11.3 Å². The lowest BCUT2D eigenvalue weighted by atomic mass is 10.1. The Morgan fingerprint density at radius 2 is 1.76 bits per heavy atom. The molecule has 0 spiro atoms. The second-order valence-corrected chi connectivity index (χ2v) is 5.36. The van der Waals surface area contributed by atoms with Crippen LogP contribution in [0.25, 0.3) is 0 Å². The zero-order valence-electron chi connectivity index (χ0n) is 14.6. The van der Waals surface area contributed by atoms with E-state index in [1.54, 1.807) is 24.3 Å². The van der Waals surface area contributed by atoms with E-state index in [1.165, 1.54) is 0 Å². The van der Waals surface area contributed by atoms with Gasteiger partial charge in [0, 0.05) is 24.3 Å². The fraction of sp³-hybridized carbons (Fsp3) is 0.300. The molecule has 0 aliphatic heterocycles. The molecule has 0 amide bonds. The van der Waals surface area contributed by atoms with Crippen molar-refractivity contribution in [3.05, 3.63) is 59.7 Å². The van der Waals surface area contributed by atoms with E-state index >= 15 is 0 Å². The van der Waals surface area contributed by atoms with Crippen molar-refractivity contribution in [1.82, 2.24) is 0 Å². The monoisotopic (exact) mass is 338 g/mol. The summed E-state index contributed by atoms with van der Waals surface area (Å²) in [6, 6.07) is 16.7. The highest BCUT2D eigenvalue weighted by molar-refractivity contribution is 5.71. The molecule has 5 nitrogen and oxygen atoms in total. The van der Waals surface area contributed by atoms with Crippen LogP contribution in [-0.2, 0) is 16.1 Å². The Morgan fingerprint density at radius 1 is 1.08 bits per heavy atom.